The molecule has 36 heavy (non-hydrogen) atoms. The highest BCUT2D eigenvalue weighted by Crippen LogP contribution is 2.32. The number of fused-ring (bicyclic) bond motifs is 1. The topological polar surface area (TPSA) is 85.7 Å². The molecule has 1 saturated heterocycles. The van der Waals surface area contributed by atoms with Gasteiger partial charge in [-0.05, 0) is 61.4 Å². The first-order valence-electron chi connectivity index (χ1n) is 12.4. The average molecular weight is 495 g/mol. The molecule has 190 valence electrons. The average Bonchev–Trinajstić information content (AvgIpc) is 3.36. The zero-order valence-electron chi connectivity index (χ0n) is 20.4. The van der Waals surface area contributed by atoms with Crippen molar-refractivity contribution in [1.29, 1.82) is 0 Å². The maximum atomic E-state index is 14.1. The Morgan fingerprint density at radius 3 is 2.69 bits per heavy atom. The second kappa shape index (κ2) is 10.8. The minimum absolute atomic E-state index is 0.0388. The number of carbonyl (C=O) groups is 2. The molecule has 2 aromatic carbocycles. The van der Waals surface area contributed by atoms with Crippen molar-refractivity contribution in [1.82, 2.24) is 14.5 Å². The van der Waals surface area contributed by atoms with Crippen LogP contribution in [0.5, 0.6) is 0 Å². The first-order valence-corrected chi connectivity index (χ1v) is 12.4. The molecule has 9 heteroatoms. The fraction of sp³-hybridized carbons (Fsp3) is 0.444. The van der Waals surface area contributed by atoms with Crippen molar-refractivity contribution in [2.75, 3.05) is 38.7 Å². The molecule has 2 fully saturated rings. The Morgan fingerprint density at radius 2 is 2.00 bits per heavy atom. The number of benzene rings is 2. The lowest BCUT2D eigenvalue weighted by molar-refractivity contribution is -0.119. The molecule has 8 nitrogen and oxygen atoms in total. The maximum Gasteiger partial charge on any atom is 0.256 e. The van der Waals surface area contributed by atoms with Crippen LogP contribution < -0.4 is 5.32 Å². The summed E-state index contributed by atoms with van der Waals surface area (Å²) in [7, 11) is 1.45. The van der Waals surface area contributed by atoms with Crippen LogP contribution in [0.3, 0.4) is 0 Å². The number of aromatic nitrogens is 2. The van der Waals surface area contributed by atoms with E-state index in [2.05, 4.69) is 10.3 Å². The van der Waals surface area contributed by atoms with Gasteiger partial charge in [-0.25, -0.2) is 9.37 Å². The molecule has 1 N–H and O–H groups in total. The predicted molar refractivity (Wildman–Crippen MR) is 133 cm³/mol. The summed E-state index contributed by atoms with van der Waals surface area (Å²) in [5, 5.41) is 2.81. The molecular weight excluding hydrogens is 463 g/mol. The van der Waals surface area contributed by atoms with E-state index in [1.807, 2.05) is 9.47 Å². The molecule has 2 heterocycles. The monoisotopic (exact) mass is 494 g/mol. The summed E-state index contributed by atoms with van der Waals surface area (Å²) in [5.74, 6) is -0.202. The van der Waals surface area contributed by atoms with Crippen molar-refractivity contribution in [3.63, 3.8) is 0 Å². The number of amides is 2. The number of hydrogen-bond acceptors (Lipinski definition) is 5. The number of carbonyl (C=O) groups excluding carboxylic acids is 2. The van der Waals surface area contributed by atoms with Gasteiger partial charge >= 0.3 is 0 Å². The summed E-state index contributed by atoms with van der Waals surface area (Å²) < 4.78 is 26.1. The van der Waals surface area contributed by atoms with Gasteiger partial charge in [0.1, 0.15) is 12.4 Å². The molecule has 2 amide bonds. The number of methoxy groups -OCH3 is 1. The van der Waals surface area contributed by atoms with Crippen molar-refractivity contribution in [2.24, 2.45) is 5.92 Å². The van der Waals surface area contributed by atoms with Gasteiger partial charge in [-0.3, -0.25) is 9.59 Å². The van der Waals surface area contributed by atoms with Crippen LogP contribution in [0.1, 0.15) is 41.6 Å². The molecule has 2 aliphatic rings. The van der Waals surface area contributed by atoms with Crippen LogP contribution in [0, 0.1) is 11.7 Å². The molecule has 5 rings (SSSR count). The zero-order chi connectivity index (χ0) is 25.1. The van der Waals surface area contributed by atoms with E-state index >= 15 is 0 Å². The Hall–Kier alpha value is -3.30. The number of hydrogen-bond donors (Lipinski definition) is 1. The summed E-state index contributed by atoms with van der Waals surface area (Å²) in [6, 6.07) is 9.76. The van der Waals surface area contributed by atoms with Crippen LogP contribution in [-0.2, 0) is 20.8 Å². The molecular formula is C27H31FN4O4. The van der Waals surface area contributed by atoms with Gasteiger partial charge in [-0.2, -0.15) is 0 Å². The van der Waals surface area contributed by atoms with Crippen molar-refractivity contribution < 1.29 is 23.5 Å². The molecule has 1 aromatic heterocycles. The lowest BCUT2D eigenvalue weighted by Crippen LogP contribution is -2.39. The van der Waals surface area contributed by atoms with E-state index in [0.29, 0.717) is 47.8 Å². The highest BCUT2D eigenvalue weighted by molar-refractivity contribution is 6.07. The zero-order valence-corrected chi connectivity index (χ0v) is 20.4. The van der Waals surface area contributed by atoms with E-state index in [1.165, 1.54) is 19.2 Å². The lowest BCUT2D eigenvalue weighted by Gasteiger charge is -2.26. The Balaban J connectivity index is 1.52. The fourth-order valence-electron chi connectivity index (χ4n) is 4.74. The third-order valence-electron chi connectivity index (χ3n) is 6.68. The van der Waals surface area contributed by atoms with E-state index < -0.39 is 0 Å². The highest BCUT2D eigenvalue weighted by Gasteiger charge is 2.31. The Kier molecular flexibility index (Phi) is 7.29. The van der Waals surface area contributed by atoms with Crippen LogP contribution in [0.15, 0.2) is 42.7 Å². The van der Waals surface area contributed by atoms with Crippen molar-refractivity contribution >= 4 is 28.5 Å². The van der Waals surface area contributed by atoms with E-state index in [-0.39, 0.29) is 30.3 Å². The first-order chi connectivity index (χ1) is 17.5. The van der Waals surface area contributed by atoms with Gasteiger partial charge in [-0.15, -0.1) is 0 Å². The summed E-state index contributed by atoms with van der Waals surface area (Å²) in [6.07, 6.45) is 5.92. The van der Waals surface area contributed by atoms with Gasteiger partial charge in [0, 0.05) is 39.0 Å². The minimum Gasteiger partial charge on any atom is -0.376 e. The summed E-state index contributed by atoms with van der Waals surface area (Å²) in [6.45, 7) is 2.30. The molecule has 0 spiro atoms. The van der Waals surface area contributed by atoms with E-state index in [4.69, 9.17) is 9.47 Å². The highest BCUT2D eigenvalue weighted by atomic mass is 19.1. The van der Waals surface area contributed by atoms with Gasteiger partial charge < -0.3 is 24.3 Å². The largest absolute Gasteiger partial charge is 0.376 e. The van der Waals surface area contributed by atoms with Crippen molar-refractivity contribution in [3.8, 4) is 0 Å². The molecule has 1 saturated carbocycles. The molecule has 0 bridgehead atoms. The smallest absolute Gasteiger partial charge is 0.256 e. The SMILES string of the molecule is COCC(=O)Nc1cc(C(=O)N(CC2CC2)C[C@@H]2CCCO2)c2c(c1)ncn2Cc1ccc(F)cc1. The number of anilines is 1. The van der Waals surface area contributed by atoms with Crippen molar-refractivity contribution in [3.05, 3.63) is 59.7 Å². The third kappa shape index (κ3) is 5.74. The molecule has 1 atom stereocenters. The van der Waals surface area contributed by atoms with Gasteiger partial charge in [0.05, 0.1) is 29.0 Å². The number of rotatable bonds is 10. The number of imidazole rings is 1. The Labute approximate surface area is 209 Å². The number of nitrogens with one attached hydrogen (secondary N) is 1. The summed E-state index contributed by atoms with van der Waals surface area (Å²) in [5.41, 5.74) is 3.13. The quantitative estimate of drug-likeness (QED) is 0.463. The second-order valence-corrected chi connectivity index (χ2v) is 9.66. The van der Waals surface area contributed by atoms with E-state index in [1.54, 1.807) is 30.6 Å². The Morgan fingerprint density at radius 1 is 1.19 bits per heavy atom. The van der Waals surface area contributed by atoms with Gasteiger partial charge in [0.25, 0.3) is 5.91 Å². The normalized spacial score (nSPS) is 17.4. The first kappa shape index (κ1) is 24.4. The van der Waals surface area contributed by atoms with Crippen LogP contribution in [0.2, 0.25) is 0 Å². The standard InChI is InChI=1S/C27H31FN4O4/c1-35-16-25(33)30-21-11-23(27(34)31(13-18-4-5-18)15-22-3-2-10-36-22)26-24(12-21)29-17-32(26)14-19-6-8-20(28)9-7-19/h6-9,11-12,17-18,22H,2-5,10,13-16H2,1H3,(H,30,33)/t22-/m0/s1. The Bertz CT molecular complexity index is 1230. The van der Waals surface area contributed by atoms with Crippen molar-refractivity contribution in [2.45, 2.75) is 38.3 Å². The molecule has 1 aliphatic heterocycles. The van der Waals surface area contributed by atoms with Gasteiger partial charge in [0.2, 0.25) is 5.91 Å². The van der Waals surface area contributed by atoms with Gasteiger partial charge in [0.15, 0.2) is 0 Å². The number of nitrogens with zero attached hydrogens (tertiary/aromatic N) is 3. The molecule has 1 aliphatic carbocycles. The molecule has 0 radical (unpaired) electrons. The van der Waals surface area contributed by atoms with Crippen LogP contribution >= 0.6 is 0 Å². The molecule has 0 unspecified atom stereocenters. The maximum absolute atomic E-state index is 14.1. The third-order valence-corrected chi connectivity index (χ3v) is 6.68. The number of ether oxygens (including phenoxy) is 2. The van der Waals surface area contributed by atoms with Crippen LogP contribution in [-0.4, -0.2) is 65.8 Å². The molecule has 3 aromatic rings. The fourth-order valence-corrected chi connectivity index (χ4v) is 4.74. The van der Waals surface area contributed by atoms with Crippen LogP contribution in [0.25, 0.3) is 11.0 Å². The van der Waals surface area contributed by atoms with E-state index in [0.717, 1.165) is 37.9 Å². The second-order valence-electron chi connectivity index (χ2n) is 9.66. The predicted octanol–water partition coefficient (Wildman–Crippen LogP) is 3.84. The lowest BCUT2D eigenvalue weighted by atomic mass is 10.1. The van der Waals surface area contributed by atoms with Crippen LogP contribution in [0.4, 0.5) is 10.1 Å². The minimum atomic E-state index is -0.310. The van der Waals surface area contributed by atoms with E-state index in [9.17, 15) is 14.0 Å². The van der Waals surface area contributed by atoms with Gasteiger partial charge in [-0.1, -0.05) is 12.1 Å². The summed E-state index contributed by atoms with van der Waals surface area (Å²) in [4.78, 5) is 32.7. The summed E-state index contributed by atoms with van der Waals surface area (Å²) >= 11 is 0. The number of halogens is 1.